The highest BCUT2D eigenvalue weighted by molar-refractivity contribution is 5.72. The van der Waals surface area contributed by atoms with Gasteiger partial charge in [0.2, 0.25) is 0 Å². The Morgan fingerprint density at radius 1 is 1.04 bits per heavy atom. The number of nitrogens with zero attached hydrogens (tertiary/aromatic N) is 1. The molecule has 0 aliphatic rings. The lowest BCUT2D eigenvalue weighted by Gasteiger charge is -2.06. The molecule has 23 heavy (non-hydrogen) atoms. The van der Waals surface area contributed by atoms with Gasteiger partial charge in [-0.05, 0) is 11.6 Å². The summed E-state index contributed by atoms with van der Waals surface area (Å²) in [4.78, 5) is 10.7. The quantitative estimate of drug-likeness (QED) is 0.757. The third-order valence-electron chi connectivity index (χ3n) is 3.51. The van der Waals surface area contributed by atoms with Crippen molar-refractivity contribution in [2.45, 2.75) is 12.5 Å². The van der Waals surface area contributed by atoms with Crippen LogP contribution in [0.15, 0.2) is 65.2 Å². The maximum absolute atomic E-state index is 10.7. The Hall–Kier alpha value is -2.92. The second kappa shape index (κ2) is 6.46. The number of aliphatic carboxylic acids is 1. The molecular formula is C18H15NO4. The summed E-state index contributed by atoms with van der Waals surface area (Å²) in [6.07, 6.45) is -1.37. The minimum Gasteiger partial charge on any atom is -0.479 e. The highest BCUT2D eigenvalue weighted by Gasteiger charge is 2.15. The number of aliphatic hydroxyl groups excluding tert-OH is 1. The van der Waals surface area contributed by atoms with E-state index in [4.69, 9.17) is 9.63 Å². The minimum atomic E-state index is -1.41. The molecule has 1 unspecified atom stereocenters. The van der Waals surface area contributed by atoms with Crippen molar-refractivity contribution in [3.8, 4) is 22.6 Å². The van der Waals surface area contributed by atoms with Crippen LogP contribution in [0.4, 0.5) is 0 Å². The summed E-state index contributed by atoms with van der Waals surface area (Å²) in [6.45, 7) is 0. The van der Waals surface area contributed by atoms with Gasteiger partial charge in [-0.25, -0.2) is 4.79 Å². The van der Waals surface area contributed by atoms with Gasteiger partial charge in [0, 0.05) is 23.6 Å². The second-order valence-electron chi connectivity index (χ2n) is 5.20. The van der Waals surface area contributed by atoms with E-state index < -0.39 is 12.1 Å². The van der Waals surface area contributed by atoms with Crippen LogP contribution in [0.5, 0.6) is 0 Å². The lowest BCUT2D eigenvalue weighted by atomic mass is 10.0. The van der Waals surface area contributed by atoms with Gasteiger partial charge in [0.15, 0.2) is 11.9 Å². The van der Waals surface area contributed by atoms with Crippen molar-refractivity contribution < 1.29 is 19.5 Å². The number of carboxylic acids is 1. The zero-order valence-electron chi connectivity index (χ0n) is 12.2. The predicted octanol–water partition coefficient (Wildman–Crippen LogP) is 3.00. The molecule has 3 aromatic rings. The average Bonchev–Trinajstić information content (AvgIpc) is 3.06. The fourth-order valence-corrected chi connectivity index (χ4v) is 2.32. The molecule has 5 nitrogen and oxygen atoms in total. The third kappa shape index (κ3) is 3.46. The standard InChI is InChI=1S/C18H15NO4/c20-16(18(21)22)10-12-5-4-8-14(9-12)15-11-17(23-19-15)13-6-2-1-3-7-13/h1-9,11,16,20H,10H2,(H,21,22). The Kier molecular flexibility index (Phi) is 4.21. The van der Waals surface area contributed by atoms with E-state index >= 15 is 0 Å². The van der Waals surface area contributed by atoms with Crippen molar-refractivity contribution in [1.29, 1.82) is 0 Å². The zero-order valence-corrected chi connectivity index (χ0v) is 12.2. The number of carbonyl (C=O) groups is 1. The van der Waals surface area contributed by atoms with Crippen LogP contribution in [-0.2, 0) is 11.2 Å². The summed E-state index contributed by atoms with van der Waals surface area (Å²) in [7, 11) is 0. The largest absolute Gasteiger partial charge is 0.479 e. The molecule has 1 atom stereocenters. The molecule has 0 aliphatic carbocycles. The molecule has 1 aromatic heterocycles. The van der Waals surface area contributed by atoms with Crippen molar-refractivity contribution in [1.82, 2.24) is 5.16 Å². The maximum Gasteiger partial charge on any atom is 0.332 e. The van der Waals surface area contributed by atoms with Gasteiger partial charge in [-0.3, -0.25) is 0 Å². The van der Waals surface area contributed by atoms with E-state index in [2.05, 4.69) is 5.16 Å². The maximum atomic E-state index is 10.7. The zero-order chi connectivity index (χ0) is 16.2. The third-order valence-corrected chi connectivity index (χ3v) is 3.51. The van der Waals surface area contributed by atoms with E-state index in [0.29, 0.717) is 11.5 Å². The molecule has 116 valence electrons. The van der Waals surface area contributed by atoms with E-state index in [1.165, 1.54) is 0 Å². The molecule has 0 fully saturated rings. The van der Waals surface area contributed by atoms with Gasteiger partial charge >= 0.3 is 5.97 Å². The molecule has 0 aliphatic heterocycles. The van der Waals surface area contributed by atoms with E-state index in [-0.39, 0.29) is 6.42 Å². The Labute approximate surface area is 132 Å². The minimum absolute atomic E-state index is 0.0482. The van der Waals surface area contributed by atoms with E-state index in [1.807, 2.05) is 42.5 Å². The molecule has 2 aromatic carbocycles. The Morgan fingerprint density at radius 3 is 2.52 bits per heavy atom. The molecule has 1 heterocycles. The Bertz CT molecular complexity index is 811. The first-order chi connectivity index (χ1) is 11.1. The monoisotopic (exact) mass is 309 g/mol. The molecule has 0 saturated heterocycles. The van der Waals surface area contributed by atoms with Crippen LogP contribution in [0.2, 0.25) is 0 Å². The molecule has 3 rings (SSSR count). The SMILES string of the molecule is O=C(O)C(O)Cc1cccc(-c2cc(-c3ccccc3)on2)c1. The summed E-state index contributed by atoms with van der Waals surface area (Å²) in [5.41, 5.74) is 3.13. The fourth-order valence-electron chi connectivity index (χ4n) is 2.32. The normalized spacial score (nSPS) is 12.0. The van der Waals surface area contributed by atoms with Gasteiger partial charge in [-0.2, -0.15) is 0 Å². The number of aliphatic hydroxyl groups is 1. The number of carboxylic acid groups (broad SMARTS) is 1. The first-order valence-corrected chi connectivity index (χ1v) is 7.16. The number of hydrogen-bond donors (Lipinski definition) is 2. The molecular weight excluding hydrogens is 294 g/mol. The summed E-state index contributed by atoms with van der Waals surface area (Å²) in [6, 6.07) is 18.7. The van der Waals surface area contributed by atoms with Crippen LogP contribution < -0.4 is 0 Å². The van der Waals surface area contributed by atoms with E-state index in [9.17, 15) is 9.90 Å². The molecule has 0 spiro atoms. The van der Waals surface area contributed by atoms with Crippen LogP contribution in [0.25, 0.3) is 22.6 Å². The second-order valence-corrected chi connectivity index (χ2v) is 5.20. The van der Waals surface area contributed by atoms with Gasteiger partial charge in [0.25, 0.3) is 0 Å². The van der Waals surface area contributed by atoms with Crippen molar-refractivity contribution in [3.63, 3.8) is 0 Å². The van der Waals surface area contributed by atoms with Crippen molar-refractivity contribution >= 4 is 5.97 Å². The predicted molar refractivity (Wildman–Crippen MR) is 84.7 cm³/mol. The first kappa shape index (κ1) is 15.0. The van der Waals surface area contributed by atoms with Gasteiger partial charge in [0.05, 0.1) is 0 Å². The summed E-state index contributed by atoms with van der Waals surface area (Å²) in [5.74, 6) is -0.570. The van der Waals surface area contributed by atoms with Crippen molar-refractivity contribution in [2.24, 2.45) is 0 Å². The van der Waals surface area contributed by atoms with E-state index in [0.717, 1.165) is 16.7 Å². The average molecular weight is 309 g/mol. The Balaban J connectivity index is 1.85. The summed E-state index contributed by atoms with van der Waals surface area (Å²) >= 11 is 0. The van der Waals surface area contributed by atoms with Gasteiger partial charge in [-0.15, -0.1) is 0 Å². The molecule has 0 saturated carbocycles. The van der Waals surface area contributed by atoms with Crippen LogP contribution in [0.1, 0.15) is 5.56 Å². The topological polar surface area (TPSA) is 83.6 Å². The van der Waals surface area contributed by atoms with Crippen LogP contribution >= 0.6 is 0 Å². The Morgan fingerprint density at radius 2 is 1.78 bits per heavy atom. The fraction of sp³-hybridized carbons (Fsp3) is 0.111. The van der Waals surface area contributed by atoms with Crippen LogP contribution in [0.3, 0.4) is 0 Å². The molecule has 0 radical (unpaired) electrons. The lowest BCUT2D eigenvalue weighted by Crippen LogP contribution is -2.21. The molecule has 2 N–H and O–H groups in total. The summed E-state index contributed by atoms with van der Waals surface area (Å²) < 4.78 is 5.37. The number of benzene rings is 2. The van der Waals surface area contributed by atoms with Gasteiger partial charge in [-0.1, -0.05) is 53.7 Å². The van der Waals surface area contributed by atoms with Gasteiger partial charge < -0.3 is 14.7 Å². The van der Waals surface area contributed by atoms with Crippen molar-refractivity contribution in [3.05, 3.63) is 66.2 Å². The van der Waals surface area contributed by atoms with Gasteiger partial charge in [0.1, 0.15) is 5.69 Å². The number of hydrogen-bond acceptors (Lipinski definition) is 4. The lowest BCUT2D eigenvalue weighted by molar-refractivity contribution is -0.146. The molecule has 0 bridgehead atoms. The molecule has 0 amide bonds. The number of rotatable bonds is 5. The first-order valence-electron chi connectivity index (χ1n) is 7.16. The smallest absolute Gasteiger partial charge is 0.332 e. The van der Waals surface area contributed by atoms with Crippen LogP contribution in [0, 0.1) is 0 Å². The van der Waals surface area contributed by atoms with Crippen LogP contribution in [-0.4, -0.2) is 27.4 Å². The van der Waals surface area contributed by atoms with E-state index in [1.54, 1.807) is 18.2 Å². The molecule has 5 heteroatoms. The highest BCUT2D eigenvalue weighted by atomic mass is 16.5. The van der Waals surface area contributed by atoms with Crippen molar-refractivity contribution in [2.75, 3.05) is 0 Å². The number of aromatic nitrogens is 1. The summed E-state index contributed by atoms with van der Waals surface area (Å²) in [5, 5.41) is 22.3. The highest BCUT2D eigenvalue weighted by Crippen LogP contribution is 2.26.